The molecule has 2 heteroatoms. The summed E-state index contributed by atoms with van der Waals surface area (Å²) >= 11 is 3.29. The van der Waals surface area contributed by atoms with E-state index in [2.05, 4.69) is 41.7 Å². The molecule has 0 aromatic rings. The van der Waals surface area contributed by atoms with Gasteiger partial charge in [-0.1, -0.05) is 12.7 Å². The number of halogens is 1. The molecule has 0 saturated carbocycles. The first-order valence-electron chi connectivity index (χ1n) is 2.91. The minimum absolute atomic E-state index is 0.484. The van der Waals surface area contributed by atoms with Crippen LogP contribution in [0.1, 0.15) is 13.8 Å². The Balaban J connectivity index is 3.56. The second kappa shape index (κ2) is 4.62. The summed E-state index contributed by atoms with van der Waals surface area (Å²) in [4.78, 5) is 0. The molecule has 0 aromatic heterocycles. The lowest BCUT2D eigenvalue weighted by molar-refractivity contribution is 0.702. The third kappa shape index (κ3) is 5.63. The summed E-state index contributed by atoms with van der Waals surface area (Å²) in [5.74, 6) is 0. The van der Waals surface area contributed by atoms with Crippen molar-refractivity contribution < 1.29 is 0 Å². The predicted octanol–water partition coefficient (Wildman–Crippen LogP) is 2.41. The van der Waals surface area contributed by atoms with Crippen LogP contribution in [0.15, 0.2) is 23.3 Å². The van der Waals surface area contributed by atoms with Gasteiger partial charge in [-0.05, 0) is 29.8 Å². The van der Waals surface area contributed by atoms with Gasteiger partial charge in [-0.15, -0.1) is 0 Å². The largest absolute Gasteiger partial charge is 0.388 e. The summed E-state index contributed by atoms with van der Waals surface area (Å²) in [6.07, 6.45) is 3.63. The normalized spacial score (nSPS) is 11.8. The van der Waals surface area contributed by atoms with Crippen LogP contribution < -0.4 is 5.32 Å². The van der Waals surface area contributed by atoms with Crippen LogP contribution in [0.25, 0.3) is 0 Å². The number of hydrogen-bond acceptors (Lipinski definition) is 1. The zero-order chi connectivity index (χ0) is 7.28. The fourth-order valence-corrected chi connectivity index (χ4v) is 0.437. The summed E-state index contributed by atoms with van der Waals surface area (Å²) in [5, 5.41) is 3.12. The van der Waals surface area contributed by atoms with Gasteiger partial charge < -0.3 is 5.32 Å². The van der Waals surface area contributed by atoms with E-state index in [9.17, 15) is 0 Å². The highest BCUT2D eigenvalue weighted by Crippen LogP contribution is 2.02. The summed E-state index contributed by atoms with van der Waals surface area (Å²) in [6, 6.07) is 0.484. The summed E-state index contributed by atoms with van der Waals surface area (Å²) < 4.78 is 0.983. The second-order valence-corrected chi connectivity index (χ2v) is 2.97. The predicted molar refractivity (Wildman–Crippen MR) is 45.5 cm³/mol. The van der Waals surface area contributed by atoms with Gasteiger partial charge in [0, 0.05) is 16.7 Å². The molecule has 0 atom stereocenters. The van der Waals surface area contributed by atoms with Crippen LogP contribution in [0.3, 0.4) is 0 Å². The van der Waals surface area contributed by atoms with Crippen molar-refractivity contribution in [3.8, 4) is 0 Å². The molecule has 0 aliphatic carbocycles. The lowest BCUT2D eigenvalue weighted by Gasteiger charge is -2.02. The van der Waals surface area contributed by atoms with Crippen molar-refractivity contribution in [2.75, 3.05) is 0 Å². The van der Waals surface area contributed by atoms with Crippen molar-refractivity contribution in [1.82, 2.24) is 5.32 Å². The Morgan fingerprint density at radius 1 is 1.67 bits per heavy atom. The molecule has 0 aliphatic rings. The SMILES string of the molecule is C=C/C(Br)=C/NC(C)C. The second-order valence-electron chi connectivity index (χ2n) is 2.05. The van der Waals surface area contributed by atoms with Gasteiger partial charge >= 0.3 is 0 Å². The molecule has 0 spiro atoms. The van der Waals surface area contributed by atoms with E-state index < -0.39 is 0 Å². The Kier molecular flexibility index (Phi) is 4.50. The van der Waals surface area contributed by atoms with Crippen molar-refractivity contribution in [1.29, 1.82) is 0 Å². The summed E-state index contributed by atoms with van der Waals surface area (Å²) in [7, 11) is 0. The van der Waals surface area contributed by atoms with Crippen LogP contribution in [0, 0.1) is 0 Å². The van der Waals surface area contributed by atoms with Gasteiger partial charge in [0.1, 0.15) is 0 Å². The molecule has 0 aromatic carbocycles. The summed E-state index contributed by atoms with van der Waals surface area (Å²) in [6.45, 7) is 7.75. The van der Waals surface area contributed by atoms with Crippen molar-refractivity contribution in [2.24, 2.45) is 0 Å². The molecule has 0 rings (SSSR count). The Morgan fingerprint density at radius 2 is 2.22 bits per heavy atom. The molecule has 0 fully saturated rings. The van der Waals surface area contributed by atoms with Gasteiger partial charge in [0.2, 0.25) is 0 Å². The Bertz CT molecular complexity index is 116. The molecule has 0 heterocycles. The molecule has 0 bridgehead atoms. The quantitative estimate of drug-likeness (QED) is 0.673. The highest BCUT2D eigenvalue weighted by molar-refractivity contribution is 9.11. The maximum atomic E-state index is 3.58. The Morgan fingerprint density at radius 3 is 2.56 bits per heavy atom. The van der Waals surface area contributed by atoms with Gasteiger partial charge in [-0.3, -0.25) is 0 Å². The van der Waals surface area contributed by atoms with Gasteiger partial charge in [-0.25, -0.2) is 0 Å². The van der Waals surface area contributed by atoms with Crippen molar-refractivity contribution >= 4 is 15.9 Å². The molecule has 1 N–H and O–H groups in total. The van der Waals surface area contributed by atoms with E-state index in [0.717, 1.165) is 4.48 Å². The van der Waals surface area contributed by atoms with E-state index in [1.165, 1.54) is 0 Å². The molecule has 0 unspecified atom stereocenters. The standard InChI is InChI=1S/C7H12BrN/c1-4-7(8)5-9-6(2)3/h4-6,9H,1H2,2-3H3/b7-5-. The van der Waals surface area contributed by atoms with Gasteiger partial charge in [0.25, 0.3) is 0 Å². The molecule has 0 radical (unpaired) electrons. The molecule has 9 heavy (non-hydrogen) atoms. The maximum absolute atomic E-state index is 3.58. The van der Waals surface area contributed by atoms with Gasteiger partial charge in [0.15, 0.2) is 0 Å². The van der Waals surface area contributed by atoms with Crippen LogP contribution in [-0.4, -0.2) is 6.04 Å². The molecule has 0 saturated heterocycles. The van der Waals surface area contributed by atoms with Gasteiger partial charge in [0.05, 0.1) is 0 Å². The van der Waals surface area contributed by atoms with E-state index in [1.807, 2.05) is 6.20 Å². The minimum Gasteiger partial charge on any atom is -0.388 e. The fourth-order valence-electron chi connectivity index (χ4n) is 0.305. The van der Waals surface area contributed by atoms with E-state index >= 15 is 0 Å². The number of nitrogens with one attached hydrogen (secondary N) is 1. The van der Waals surface area contributed by atoms with E-state index in [1.54, 1.807) is 6.08 Å². The molecular weight excluding hydrogens is 178 g/mol. The lowest BCUT2D eigenvalue weighted by atomic mass is 10.4. The van der Waals surface area contributed by atoms with Gasteiger partial charge in [-0.2, -0.15) is 0 Å². The monoisotopic (exact) mass is 189 g/mol. The van der Waals surface area contributed by atoms with Crippen LogP contribution >= 0.6 is 15.9 Å². The molecule has 1 nitrogen and oxygen atoms in total. The average molecular weight is 190 g/mol. The number of rotatable bonds is 3. The smallest absolute Gasteiger partial charge is 0.0326 e. The molecule has 52 valence electrons. The Hall–Kier alpha value is -0.240. The first-order chi connectivity index (χ1) is 4.16. The molecule has 0 amide bonds. The van der Waals surface area contributed by atoms with Crippen LogP contribution in [0.5, 0.6) is 0 Å². The molecular formula is C7H12BrN. The zero-order valence-electron chi connectivity index (χ0n) is 5.82. The van der Waals surface area contributed by atoms with Crippen LogP contribution in [0.4, 0.5) is 0 Å². The minimum atomic E-state index is 0.484. The van der Waals surface area contributed by atoms with Crippen LogP contribution in [0.2, 0.25) is 0 Å². The fraction of sp³-hybridized carbons (Fsp3) is 0.429. The summed E-state index contributed by atoms with van der Waals surface area (Å²) in [5.41, 5.74) is 0. The number of allylic oxidation sites excluding steroid dienone is 2. The average Bonchev–Trinajstić information content (AvgIpc) is 1.83. The number of hydrogen-bond donors (Lipinski definition) is 1. The van der Waals surface area contributed by atoms with E-state index in [4.69, 9.17) is 0 Å². The van der Waals surface area contributed by atoms with Crippen molar-refractivity contribution in [3.05, 3.63) is 23.3 Å². The lowest BCUT2D eigenvalue weighted by Crippen LogP contribution is -2.15. The molecule has 0 aliphatic heterocycles. The van der Waals surface area contributed by atoms with E-state index in [0.29, 0.717) is 6.04 Å². The first-order valence-corrected chi connectivity index (χ1v) is 3.70. The van der Waals surface area contributed by atoms with Crippen molar-refractivity contribution in [3.63, 3.8) is 0 Å². The van der Waals surface area contributed by atoms with E-state index in [-0.39, 0.29) is 0 Å². The topological polar surface area (TPSA) is 12.0 Å². The zero-order valence-corrected chi connectivity index (χ0v) is 7.40. The first kappa shape index (κ1) is 8.76. The Labute approximate surface area is 65.0 Å². The highest BCUT2D eigenvalue weighted by atomic mass is 79.9. The third-order valence-electron chi connectivity index (χ3n) is 0.750. The maximum Gasteiger partial charge on any atom is 0.0326 e. The highest BCUT2D eigenvalue weighted by Gasteiger charge is 1.85. The van der Waals surface area contributed by atoms with Crippen LogP contribution in [-0.2, 0) is 0 Å². The third-order valence-corrected chi connectivity index (χ3v) is 1.30. The van der Waals surface area contributed by atoms with Crippen molar-refractivity contribution in [2.45, 2.75) is 19.9 Å².